The molecule has 3 atom stereocenters. The van der Waals surface area contributed by atoms with Gasteiger partial charge in [0.25, 0.3) is 5.79 Å². The number of aliphatic hydroxyl groups excluding tert-OH is 1. The normalized spacial score (nSPS) is 36.4. The fourth-order valence-electron chi connectivity index (χ4n) is 2.96. The molecule has 1 N–H and O–H groups in total. The first kappa shape index (κ1) is 14.6. The molecular formula is C14H24O5. The number of carbonyl (C=O) groups is 1. The van der Waals surface area contributed by atoms with Gasteiger partial charge in [0.1, 0.15) is 0 Å². The zero-order chi connectivity index (χ0) is 13.9. The van der Waals surface area contributed by atoms with Crippen LogP contribution in [0.5, 0.6) is 0 Å². The Balaban J connectivity index is 1.91. The molecule has 0 bridgehead atoms. The van der Waals surface area contributed by atoms with Gasteiger partial charge in [-0.15, -0.1) is 0 Å². The molecule has 0 saturated carbocycles. The van der Waals surface area contributed by atoms with Crippen LogP contribution in [0.1, 0.15) is 65.2 Å². The molecule has 0 spiro atoms. The Hall–Kier alpha value is -0.810. The van der Waals surface area contributed by atoms with Crippen molar-refractivity contribution in [3.63, 3.8) is 0 Å². The average Bonchev–Trinajstić information content (AvgIpc) is 2.98. The van der Waals surface area contributed by atoms with E-state index in [-0.39, 0.29) is 0 Å². The molecule has 2 heterocycles. The number of epoxide rings is 1. The molecule has 5 heteroatoms. The van der Waals surface area contributed by atoms with Crippen molar-refractivity contribution < 1.29 is 24.1 Å². The first-order valence-electron chi connectivity index (χ1n) is 7.38. The van der Waals surface area contributed by atoms with Crippen LogP contribution in [0, 0.1) is 0 Å². The van der Waals surface area contributed by atoms with Gasteiger partial charge < -0.3 is 19.3 Å². The van der Waals surface area contributed by atoms with Crippen molar-refractivity contribution in [2.24, 2.45) is 0 Å². The highest BCUT2D eigenvalue weighted by Gasteiger charge is 2.79. The third-order valence-corrected chi connectivity index (χ3v) is 4.04. The van der Waals surface area contributed by atoms with Gasteiger partial charge in [-0.2, -0.15) is 0 Å². The van der Waals surface area contributed by atoms with Gasteiger partial charge in [0.15, 0.2) is 5.60 Å². The Bertz CT molecular complexity index is 332. The number of fused-ring (bicyclic) bond motifs is 1. The summed E-state index contributed by atoms with van der Waals surface area (Å²) in [7, 11) is 0. The molecule has 0 aromatic rings. The van der Waals surface area contributed by atoms with E-state index in [1.54, 1.807) is 0 Å². The number of unbranched alkanes of at least 4 members (excludes halogenated alkanes) is 4. The number of hydrogen-bond donors (Lipinski definition) is 1. The van der Waals surface area contributed by atoms with Crippen molar-refractivity contribution in [3.8, 4) is 0 Å². The van der Waals surface area contributed by atoms with Crippen LogP contribution in [-0.4, -0.2) is 28.9 Å². The summed E-state index contributed by atoms with van der Waals surface area (Å²) in [4.78, 5) is 11.3. The van der Waals surface area contributed by atoms with E-state index in [4.69, 9.17) is 14.2 Å². The van der Waals surface area contributed by atoms with Gasteiger partial charge in [0.05, 0.1) is 0 Å². The van der Waals surface area contributed by atoms with Crippen molar-refractivity contribution in [2.75, 3.05) is 0 Å². The minimum atomic E-state index is -1.20. The van der Waals surface area contributed by atoms with Crippen LogP contribution in [-0.2, 0) is 14.2 Å². The molecule has 19 heavy (non-hydrogen) atoms. The van der Waals surface area contributed by atoms with Gasteiger partial charge >= 0.3 is 6.16 Å². The van der Waals surface area contributed by atoms with Gasteiger partial charge in [0.2, 0.25) is 6.29 Å². The van der Waals surface area contributed by atoms with Crippen LogP contribution in [0.4, 0.5) is 4.79 Å². The number of ether oxygens (including phenoxy) is 3. The molecular weight excluding hydrogens is 248 g/mol. The number of hydrogen-bond acceptors (Lipinski definition) is 5. The predicted molar refractivity (Wildman–Crippen MR) is 68.4 cm³/mol. The Morgan fingerprint density at radius 1 is 1.11 bits per heavy atom. The monoisotopic (exact) mass is 272 g/mol. The Kier molecular flexibility index (Phi) is 4.36. The Labute approximate surface area is 114 Å². The van der Waals surface area contributed by atoms with Crippen LogP contribution in [0.15, 0.2) is 0 Å². The minimum Gasteiger partial charge on any atom is -0.401 e. The summed E-state index contributed by atoms with van der Waals surface area (Å²) >= 11 is 0. The van der Waals surface area contributed by atoms with Gasteiger partial charge in [0, 0.05) is 6.42 Å². The molecule has 2 aliphatic rings. The van der Waals surface area contributed by atoms with Crippen LogP contribution in [0.25, 0.3) is 0 Å². The van der Waals surface area contributed by atoms with Crippen molar-refractivity contribution in [1.29, 1.82) is 0 Å². The van der Waals surface area contributed by atoms with E-state index in [1.807, 2.05) is 6.92 Å². The zero-order valence-corrected chi connectivity index (χ0v) is 11.8. The molecule has 0 radical (unpaired) electrons. The SMILES string of the molecule is CCCCCCC[C@]12OC1(CCC)OC(=O)OC2O. The summed E-state index contributed by atoms with van der Waals surface area (Å²) in [6.45, 7) is 4.17. The summed E-state index contributed by atoms with van der Waals surface area (Å²) in [6, 6.07) is 0. The van der Waals surface area contributed by atoms with Crippen molar-refractivity contribution in [1.82, 2.24) is 0 Å². The lowest BCUT2D eigenvalue weighted by Gasteiger charge is -2.28. The highest BCUT2D eigenvalue weighted by molar-refractivity contribution is 5.63. The lowest BCUT2D eigenvalue weighted by molar-refractivity contribution is -0.161. The van der Waals surface area contributed by atoms with E-state index in [1.165, 1.54) is 19.3 Å². The lowest BCUT2D eigenvalue weighted by Crippen LogP contribution is -2.48. The Morgan fingerprint density at radius 2 is 1.84 bits per heavy atom. The van der Waals surface area contributed by atoms with Crippen LogP contribution in [0.3, 0.4) is 0 Å². The molecule has 0 amide bonds. The van der Waals surface area contributed by atoms with Gasteiger partial charge in [-0.05, 0) is 12.8 Å². The van der Waals surface area contributed by atoms with E-state index in [2.05, 4.69) is 6.92 Å². The lowest BCUT2D eigenvalue weighted by atomic mass is 9.91. The minimum absolute atomic E-state index is 0.605. The molecule has 5 nitrogen and oxygen atoms in total. The number of aliphatic hydroxyl groups is 1. The summed E-state index contributed by atoms with van der Waals surface area (Å²) in [5.41, 5.74) is -0.830. The zero-order valence-electron chi connectivity index (χ0n) is 11.8. The second-order valence-electron chi connectivity index (χ2n) is 5.48. The van der Waals surface area contributed by atoms with Crippen molar-refractivity contribution in [2.45, 2.75) is 82.9 Å². The highest BCUT2D eigenvalue weighted by Crippen LogP contribution is 2.59. The average molecular weight is 272 g/mol. The summed E-state index contributed by atoms with van der Waals surface area (Å²) in [5.74, 6) is -0.943. The second-order valence-corrected chi connectivity index (χ2v) is 5.48. The van der Waals surface area contributed by atoms with E-state index in [9.17, 15) is 9.90 Å². The third kappa shape index (κ3) is 2.58. The van der Waals surface area contributed by atoms with E-state index < -0.39 is 23.8 Å². The number of rotatable bonds is 8. The molecule has 110 valence electrons. The fourth-order valence-corrected chi connectivity index (χ4v) is 2.96. The topological polar surface area (TPSA) is 68.3 Å². The van der Waals surface area contributed by atoms with Gasteiger partial charge in [-0.3, -0.25) is 0 Å². The highest BCUT2D eigenvalue weighted by atomic mass is 16.9. The molecule has 2 saturated heterocycles. The number of carbonyl (C=O) groups excluding carboxylic acids is 1. The van der Waals surface area contributed by atoms with E-state index in [0.717, 1.165) is 19.3 Å². The van der Waals surface area contributed by atoms with Gasteiger partial charge in [-0.25, -0.2) is 4.79 Å². The number of cyclic esters (lactones) is 1. The first-order valence-corrected chi connectivity index (χ1v) is 7.38. The standard InChI is InChI=1S/C14H24O5/c1-3-5-6-7-8-10-13-11(15)17-12(16)18-14(13,19-13)9-4-2/h11,15H,3-10H2,1-2H3/t11?,13-,14?/m1/s1. The molecule has 2 aliphatic heterocycles. The Morgan fingerprint density at radius 3 is 2.53 bits per heavy atom. The third-order valence-electron chi connectivity index (χ3n) is 4.04. The molecule has 2 unspecified atom stereocenters. The summed E-state index contributed by atoms with van der Waals surface area (Å²) in [5, 5.41) is 9.99. The van der Waals surface area contributed by atoms with Crippen LogP contribution in [0.2, 0.25) is 0 Å². The maximum Gasteiger partial charge on any atom is 0.513 e. The molecule has 2 rings (SSSR count). The molecule has 0 aromatic carbocycles. The van der Waals surface area contributed by atoms with Crippen LogP contribution < -0.4 is 0 Å². The summed E-state index contributed by atoms with van der Waals surface area (Å²) in [6.07, 6.45) is 5.73. The maximum atomic E-state index is 11.3. The quantitative estimate of drug-likeness (QED) is 0.418. The van der Waals surface area contributed by atoms with Gasteiger partial charge in [-0.1, -0.05) is 46.0 Å². The first-order chi connectivity index (χ1) is 9.10. The fraction of sp³-hybridized carbons (Fsp3) is 0.929. The molecule has 0 aromatic heterocycles. The van der Waals surface area contributed by atoms with E-state index in [0.29, 0.717) is 12.8 Å². The van der Waals surface area contributed by atoms with E-state index >= 15 is 0 Å². The molecule has 0 aliphatic carbocycles. The van der Waals surface area contributed by atoms with Crippen molar-refractivity contribution >= 4 is 6.16 Å². The smallest absolute Gasteiger partial charge is 0.401 e. The predicted octanol–water partition coefficient (Wildman–Crippen LogP) is 3.10. The maximum absolute atomic E-state index is 11.3. The largest absolute Gasteiger partial charge is 0.513 e. The second kappa shape index (κ2) is 5.67. The van der Waals surface area contributed by atoms with Crippen LogP contribution >= 0.6 is 0 Å². The molecule has 2 fully saturated rings. The van der Waals surface area contributed by atoms with Crippen molar-refractivity contribution in [3.05, 3.63) is 0 Å². The summed E-state index contributed by atoms with van der Waals surface area (Å²) < 4.78 is 15.6.